The Morgan fingerprint density at radius 2 is 1.33 bits per heavy atom. The third-order valence-electron chi connectivity index (χ3n) is 11.3. The molecule has 5 N–H and O–H groups in total. The monoisotopic (exact) mass is 758 g/mol. The first-order valence-corrected chi connectivity index (χ1v) is 20.6. The second kappa shape index (κ2) is 16.6. The Kier molecular flexibility index (Phi) is 10.6. The average Bonchev–Trinajstić information content (AvgIpc) is 3.80. The number of rotatable bonds is 10. The molecule has 0 radical (unpaired) electrons. The smallest absolute Gasteiger partial charge is 0.110 e. The molecule has 2 aromatic heterocycles. The van der Waals surface area contributed by atoms with Crippen LogP contribution in [0.1, 0.15) is 55.0 Å². The van der Waals surface area contributed by atoms with E-state index in [9.17, 15) is 0 Å². The van der Waals surface area contributed by atoms with Gasteiger partial charge in [-0.25, -0.2) is 0 Å². The van der Waals surface area contributed by atoms with Crippen LogP contribution in [0.4, 0.5) is 0 Å². The van der Waals surface area contributed by atoms with E-state index in [0.29, 0.717) is 6.54 Å². The Morgan fingerprint density at radius 3 is 2.10 bits per heavy atom. The Hall–Kier alpha value is -6.44. The lowest BCUT2D eigenvalue weighted by atomic mass is 10.0. The Labute approximate surface area is 341 Å². The first-order chi connectivity index (χ1) is 28.7. The lowest BCUT2D eigenvalue weighted by Crippen LogP contribution is -2.41. The van der Waals surface area contributed by atoms with Crippen molar-refractivity contribution in [1.82, 2.24) is 25.1 Å². The van der Waals surface area contributed by atoms with Gasteiger partial charge in [0.25, 0.3) is 0 Å². The predicted molar refractivity (Wildman–Crippen MR) is 244 cm³/mol. The van der Waals surface area contributed by atoms with Crippen molar-refractivity contribution in [3.63, 3.8) is 0 Å². The summed E-state index contributed by atoms with van der Waals surface area (Å²) in [7, 11) is 0. The molecule has 3 heterocycles. The summed E-state index contributed by atoms with van der Waals surface area (Å²) in [4.78, 5) is 0. The molecule has 0 saturated heterocycles. The number of nitrogens with two attached hydrogens (primary N) is 1. The molecule has 2 unspecified atom stereocenters. The number of fused-ring (bicyclic) bond motifs is 6. The third kappa shape index (κ3) is 7.07. The number of hydrogen-bond donors (Lipinski definition) is 4. The van der Waals surface area contributed by atoms with Crippen LogP contribution in [0.5, 0.6) is 0 Å². The molecular formula is C52H50N6. The number of allylic oxidation sites excluding steroid dienone is 3. The Balaban J connectivity index is 0.00000215. The summed E-state index contributed by atoms with van der Waals surface area (Å²) < 4.78 is 4.88. The molecule has 2 aliphatic rings. The minimum Gasteiger partial charge on any atom is -0.367 e. The van der Waals surface area contributed by atoms with E-state index in [4.69, 9.17) is 5.73 Å². The summed E-state index contributed by atoms with van der Waals surface area (Å²) in [5, 5.41) is 15.2. The van der Waals surface area contributed by atoms with Crippen molar-refractivity contribution in [2.45, 2.75) is 39.0 Å². The van der Waals surface area contributed by atoms with Crippen LogP contribution in [0, 0.1) is 0 Å². The summed E-state index contributed by atoms with van der Waals surface area (Å²) in [5.41, 5.74) is 20.1. The minimum absolute atomic E-state index is 0.175. The van der Waals surface area contributed by atoms with Crippen molar-refractivity contribution in [3.8, 4) is 16.8 Å². The molecule has 10 rings (SSSR count). The van der Waals surface area contributed by atoms with Crippen LogP contribution in [-0.2, 0) is 6.42 Å². The van der Waals surface area contributed by atoms with Gasteiger partial charge in [0.2, 0.25) is 0 Å². The zero-order valence-corrected chi connectivity index (χ0v) is 33.2. The quantitative estimate of drug-likeness (QED) is 0.105. The van der Waals surface area contributed by atoms with E-state index in [1.54, 1.807) is 0 Å². The number of dihydropyridines is 1. The number of aromatic nitrogens is 2. The summed E-state index contributed by atoms with van der Waals surface area (Å²) in [6.07, 6.45) is 10.7. The molecule has 0 amide bonds. The molecule has 1 aliphatic heterocycles. The molecule has 1 aliphatic carbocycles. The van der Waals surface area contributed by atoms with Crippen LogP contribution in [-0.4, -0.2) is 22.2 Å². The van der Waals surface area contributed by atoms with Crippen LogP contribution in [0.25, 0.3) is 61.4 Å². The van der Waals surface area contributed by atoms with Crippen molar-refractivity contribution in [3.05, 3.63) is 198 Å². The molecule has 0 saturated carbocycles. The highest BCUT2D eigenvalue weighted by atomic mass is 15.2. The standard InChI is InChI=1S/C50H44N6.C2H6/c51-49(36-17-6-2-7-18-36)54-50(38-20-14-19-37(29-38)35-15-4-1-5-16-35)53-33-34-27-28-48(52-32-34)56-45-26-13-11-24-41(45)43-30-42-40-23-10-12-25-44(40)55(46(42)31-47(43)56)39-21-8-3-9-22-39;1-2/h1-12,14-25,27-31,49-50,52-54H,13,26,32-33,51H2;1-2H3. The first kappa shape index (κ1) is 37.2. The van der Waals surface area contributed by atoms with Gasteiger partial charge >= 0.3 is 0 Å². The number of hydrogen-bond acceptors (Lipinski definition) is 4. The fourth-order valence-corrected chi connectivity index (χ4v) is 8.57. The lowest BCUT2D eigenvalue weighted by molar-refractivity contribution is 0.396. The fraction of sp³-hybridized carbons (Fsp3) is 0.154. The van der Waals surface area contributed by atoms with Gasteiger partial charge in [0.1, 0.15) is 5.82 Å². The highest BCUT2D eigenvalue weighted by Crippen LogP contribution is 2.40. The van der Waals surface area contributed by atoms with Gasteiger partial charge in [-0.15, -0.1) is 0 Å². The van der Waals surface area contributed by atoms with Crippen LogP contribution in [0.15, 0.2) is 175 Å². The van der Waals surface area contributed by atoms with E-state index in [0.717, 1.165) is 36.3 Å². The van der Waals surface area contributed by atoms with Gasteiger partial charge in [-0.1, -0.05) is 147 Å². The minimum atomic E-state index is -0.339. The van der Waals surface area contributed by atoms with E-state index in [1.807, 2.05) is 32.0 Å². The summed E-state index contributed by atoms with van der Waals surface area (Å²) in [6, 6.07) is 53.8. The second-order valence-corrected chi connectivity index (χ2v) is 14.8. The molecule has 2 atom stereocenters. The zero-order valence-electron chi connectivity index (χ0n) is 33.2. The molecule has 0 spiro atoms. The van der Waals surface area contributed by atoms with Crippen LogP contribution in [0.3, 0.4) is 0 Å². The predicted octanol–water partition coefficient (Wildman–Crippen LogP) is 11.3. The van der Waals surface area contributed by atoms with Gasteiger partial charge < -0.3 is 15.6 Å². The fourth-order valence-electron chi connectivity index (χ4n) is 8.57. The summed E-state index contributed by atoms with van der Waals surface area (Å²) in [5.74, 6) is 1.10. The maximum atomic E-state index is 6.77. The van der Waals surface area contributed by atoms with Crippen molar-refractivity contribution in [2.75, 3.05) is 13.1 Å². The summed E-state index contributed by atoms with van der Waals surface area (Å²) in [6.45, 7) is 5.42. The van der Waals surface area contributed by atoms with Crippen molar-refractivity contribution >= 4 is 44.6 Å². The lowest BCUT2D eigenvalue weighted by Gasteiger charge is -2.27. The summed E-state index contributed by atoms with van der Waals surface area (Å²) >= 11 is 0. The molecule has 6 heteroatoms. The van der Waals surface area contributed by atoms with Crippen LogP contribution < -0.4 is 21.7 Å². The average molecular weight is 759 g/mol. The van der Waals surface area contributed by atoms with E-state index in [1.165, 1.54) is 66.4 Å². The maximum Gasteiger partial charge on any atom is 0.110 e. The Morgan fingerprint density at radius 1 is 0.638 bits per heavy atom. The van der Waals surface area contributed by atoms with Crippen LogP contribution in [0.2, 0.25) is 0 Å². The van der Waals surface area contributed by atoms with Gasteiger partial charge in [0.15, 0.2) is 0 Å². The van der Waals surface area contributed by atoms with E-state index in [-0.39, 0.29) is 12.3 Å². The molecule has 288 valence electrons. The van der Waals surface area contributed by atoms with Crippen LogP contribution >= 0.6 is 0 Å². The van der Waals surface area contributed by atoms with Crippen molar-refractivity contribution in [1.29, 1.82) is 0 Å². The molecule has 0 bridgehead atoms. The molecule has 6 aromatic carbocycles. The normalized spacial score (nSPS) is 14.6. The van der Waals surface area contributed by atoms with Gasteiger partial charge in [0, 0.05) is 46.2 Å². The molecule has 6 nitrogen and oxygen atoms in total. The highest BCUT2D eigenvalue weighted by Gasteiger charge is 2.24. The molecular weight excluding hydrogens is 709 g/mol. The molecule has 8 aromatic rings. The zero-order chi connectivity index (χ0) is 39.4. The topological polar surface area (TPSA) is 72.0 Å². The molecule has 0 fully saturated rings. The Bertz CT molecular complexity index is 2790. The van der Waals surface area contributed by atoms with E-state index >= 15 is 0 Å². The van der Waals surface area contributed by atoms with E-state index < -0.39 is 0 Å². The van der Waals surface area contributed by atoms with Gasteiger partial charge in [0.05, 0.1) is 28.9 Å². The second-order valence-electron chi connectivity index (χ2n) is 14.8. The van der Waals surface area contributed by atoms with E-state index in [2.05, 4.69) is 183 Å². The number of nitrogens with one attached hydrogen (secondary N) is 3. The maximum absolute atomic E-state index is 6.77. The SMILES string of the molecule is CC.NC(NC(NCC1=CC=C(n2c3c(c4cc5c6ccccc6n(-c6ccccc6)c5cc42)C=CCC3)NC1)c1cccc(-c2ccccc2)c1)c1ccccc1. The third-order valence-corrected chi connectivity index (χ3v) is 11.3. The highest BCUT2D eigenvalue weighted by molar-refractivity contribution is 6.15. The van der Waals surface area contributed by atoms with Gasteiger partial charge in [-0.05, 0) is 83.1 Å². The first-order valence-electron chi connectivity index (χ1n) is 20.6. The number of benzene rings is 6. The van der Waals surface area contributed by atoms with Crippen molar-refractivity contribution < 1.29 is 0 Å². The van der Waals surface area contributed by atoms with Gasteiger partial charge in [-0.2, -0.15) is 0 Å². The number of nitrogens with zero attached hydrogens (tertiary/aromatic N) is 2. The van der Waals surface area contributed by atoms with Crippen molar-refractivity contribution in [2.24, 2.45) is 5.73 Å². The molecule has 58 heavy (non-hydrogen) atoms. The largest absolute Gasteiger partial charge is 0.367 e. The number of para-hydroxylation sites is 2. The van der Waals surface area contributed by atoms with Gasteiger partial charge in [-0.3, -0.25) is 15.2 Å².